The third kappa shape index (κ3) is 5.22. The molecule has 2 heterocycles. The molecule has 2 fully saturated rings. The number of carbonyl (C=O) groups excluding carboxylic acids is 1. The fourth-order valence-corrected chi connectivity index (χ4v) is 4.73. The van der Waals surface area contributed by atoms with Crippen LogP contribution in [0, 0.1) is 5.92 Å². The van der Waals surface area contributed by atoms with E-state index in [0.717, 1.165) is 30.0 Å². The maximum atomic E-state index is 12.8. The fourth-order valence-electron chi connectivity index (χ4n) is 4.73. The van der Waals surface area contributed by atoms with Crippen molar-refractivity contribution in [2.24, 2.45) is 5.92 Å². The quantitative estimate of drug-likeness (QED) is 0.831. The standard InChI is InChI=1S/C23H32N4O/c28-23(21-10-4-9-20(15-21)17-27-14-6-12-24-27)25-22-11-5-13-26(18-22)16-19-7-2-1-3-8-19/h4,6,9-10,12,14-15,19,22H,1-3,5,7-8,11,13,16-18H2,(H,25,28). The van der Waals surface area contributed by atoms with Crippen molar-refractivity contribution >= 4 is 5.91 Å². The molecule has 150 valence electrons. The molecule has 1 aliphatic carbocycles. The van der Waals surface area contributed by atoms with Gasteiger partial charge in [-0.2, -0.15) is 5.10 Å². The predicted molar refractivity (Wildman–Crippen MR) is 111 cm³/mol. The molecular weight excluding hydrogens is 348 g/mol. The Bertz CT molecular complexity index is 752. The Morgan fingerprint density at radius 3 is 2.82 bits per heavy atom. The van der Waals surface area contributed by atoms with E-state index < -0.39 is 0 Å². The third-order valence-corrected chi connectivity index (χ3v) is 6.17. The van der Waals surface area contributed by atoms with Crippen molar-refractivity contribution in [3.05, 3.63) is 53.9 Å². The van der Waals surface area contributed by atoms with Gasteiger partial charge in [-0.15, -0.1) is 0 Å². The fraction of sp³-hybridized carbons (Fsp3) is 0.565. The van der Waals surface area contributed by atoms with Gasteiger partial charge in [-0.25, -0.2) is 0 Å². The molecule has 1 saturated carbocycles. The molecule has 28 heavy (non-hydrogen) atoms. The molecule has 1 unspecified atom stereocenters. The summed E-state index contributed by atoms with van der Waals surface area (Å²) < 4.78 is 1.88. The van der Waals surface area contributed by atoms with Crippen molar-refractivity contribution in [1.82, 2.24) is 20.0 Å². The number of nitrogens with one attached hydrogen (secondary N) is 1. The highest BCUT2D eigenvalue weighted by Gasteiger charge is 2.24. The van der Waals surface area contributed by atoms with Crippen molar-refractivity contribution < 1.29 is 4.79 Å². The second-order valence-corrected chi connectivity index (χ2v) is 8.48. The number of hydrogen-bond acceptors (Lipinski definition) is 3. The van der Waals surface area contributed by atoms with Gasteiger partial charge < -0.3 is 10.2 Å². The topological polar surface area (TPSA) is 50.2 Å². The summed E-state index contributed by atoms with van der Waals surface area (Å²) in [6.45, 7) is 4.08. The lowest BCUT2D eigenvalue weighted by molar-refractivity contribution is 0.0890. The molecule has 0 spiro atoms. The minimum absolute atomic E-state index is 0.0480. The van der Waals surface area contributed by atoms with Gasteiger partial charge in [-0.3, -0.25) is 9.48 Å². The zero-order valence-corrected chi connectivity index (χ0v) is 16.7. The lowest BCUT2D eigenvalue weighted by Crippen LogP contribution is -2.48. The van der Waals surface area contributed by atoms with Crippen LogP contribution in [0.15, 0.2) is 42.7 Å². The number of carbonyl (C=O) groups is 1. The van der Waals surface area contributed by atoms with Crippen LogP contribution in [0.3, 0.4) is 0 Å². The first-order chi connectivity index (χ1) is 13.8. The summed E-state index contributed by atoms with van der Waals surface area (Å²) in [5.41, 5.74) is 1.84. The van der Waals surface area contributed by atoms with E-state index in [2.05, 4.69) is 15.3 Å². The van der Waals surface area contributed by atoms with Gasteiger partial charge in [0.1, 0.15) is 0 Å². The number of piperidine rings is 1. The summed E-state index contributed by atoms with van der Waals surface area (Å²) >= 11 is 0. The molecule has 1 N–H and O–H groups in total. The summed E-state index contributed by atoms with van der Waals surface area (Å²) in [7, 11) is 0. The molecule has 4 rings (SSSR count). The van der Waals surface area contributed by atoms with Gasteiger partial charge in [0.15, 0.2) is 0 Å². The monoisotopic (exact) mass is 380 g/mol. The van der Waals surface area contributed by atoms with E-state index in [1.54, 1.807) is 6.20 Å². The zero-order chi connectivity index (χ0) is 19.2. The van der Waals surface area contributed by atoms with Gasteiger partial charge in [0.2, 0.25) is 0 Å². The average molecular weight is 381 g/mol. The Hall–Kier alpha value is -2.14. The van der Waals surface area contributed by atoms with Crippen LogP contribution >= 0.6 is 0 Å². The third-order valence-electron chi connectivity index (χ3n) is 6.17. The summed E-state index contributed by atoms with van der Waals surface area (Å²) in [5.74, 6) is 0.911. The Labute approximate surface area is 168 Å². The Morgan fingerprint density at radius 1 is 1.11 bits per heavy atom. The summed E-state index contributed by atoms with van der Waals surface area (Å²) in [4.78, 5) is 15.4. The summed E-state index contributed by atoms with van der Waals surface area (Å²) in [5, 5.41) is 7.53. The van der Waals surface area contributed by atoms with Crippen molar-refractivity contribution in [2.75, 3.05) is 19.6 Å². The van der Waals surface area contributed by atoms with E-state index >= 15 is 0 Å². The van der Waals surface area contributed by atoms with Crippen molar-refractivity contribution in [3.8, 4) is 0 Å². The zero-order valence-electron chi connectivity index (χ0n) is 16.7. The molecule has 1 aromatic heterocycles. The highest BCUT2D eigenvalue weighted by molar-refractivity contribution is 5.94. The number of likely N-dealkylation sites (tertiary alicyclic amines) is 1. The number of benzene rings is 1. The SMILES string of the molecule is O=C(NC1CCCN(CC2CCCCC2)C1)c1cccc(Cn2cccn2)c1. The van der Waals surface area contributed by atoms with Crippen LogP contribution in [0.1, 0.15) is 60.9 Å². The first-order valence-electron chi connectivity index (χ1n) is 10.9. The van der Waals surface area contributed by atoms with Crippen molar-refractivity contribution in [2.45, 2.75) is 57.5 Å². The number of rotatable bonds is 6. The minimum Gasteiger partial charge on any atom is -0.348 e. The number of hydrogen-bond donors (Lipinski definition) is 1. The van der Waals surface area contributed by atoms with E-state index in [1.807, 2.05) is 41.2 Å². The Balaban J connectivity index is 1.31. The molecule has 1 amide bonds. The molecule has 1 saturated heterocycles. The maximum absolute atomic E-state index is 12.8. The van der Waals surface area contributed by atoms with Gasteiger partial charge in [0.25, 0.3) is 5.91 Å². The molecule has 0 radical (unpaired) electrons. The average Bonchev–Trinajstić information content (AvgIpc) is 3.22. The number of nitrogens with zero attached hydrogens (tertiary/aromatic N) is 3. The van der Waals surface area contributed by atoms with Gasteiger partial charge in [0, 0.05) is 37.1 Å². The molecule has 5 heteroatoms. The maximum Gasteiger partial charge on any atom is 0.251 e. The van der Waals surface area contributed by atoms with Crippen molar-refractivity contribution in [3.63, 3.8) is 0 Å². The molecule has 1 aromatic carbocycles. The second-order valence-electron chi connectivity index (χ2n) is 8.48. The molecule has 1 aliphatic heterocycles. The lowest BCUT2D eigenvalue weighted by Gasteiger charge is -2.36. The highest BCUT2D eigenvalue weighted by Crippen LogP contribution is 2.25. The van der Waals surface area contributed by atoms with E-state index in [-0.39, 0.29) is 11.9 Å². The van der Waals surface area contributed by atoms with Crippen LogP contribution in [0.5, 0.6) is 0 Å². The van der Waals surface area contributed by atoms with Crippen LogP contribution < -0.4 is 5.32 Å². The van der Waals surface area contributed by atoms with Crippen LogP contribution in [-0.4, -0.2) is 46.3 Å². The normalized spacial score (nSPS) is 21.5. The smallest absolute Gasteiger partial charge is 0.251 e. The first kappa shape index (κ1) is 19.2. The number of amides is 1. The van der Waals surface area contributed by atoms with Gasteiger partial charge in [0.05, 0.1) is 6.54 Å². The first-order valence-corrected chi connectivity index (χ1v) is 10.9. The Morgan fingerprint density at radius 2 is 2.00 bits per heavy atom. The second kappa shape index (κ2) is 9.37. The van der Waals surface area contributed by atoms with E-state index in [9.17, 15) is 4.79 Å². The summed E-state index contributed by atoms with van der Waals surface area (Å²) in [6, 6.07) is 10.1. The molecule has 2 aliphatic rings. The molecule has 0 bridgehead atoms. The lowest BCUT2D eigenvalue weighted by atomic mass is 9.88. The molecule has 2 aromatic rings. The van der Waals surface area contributed by atoms with E-state index in [0.29, 0.717) is 6.54 Å². The van der Waals surface area contributed by atoms with Crippen LogP contribution in [0.2, 0.25) is 0 Å². The molecular formula is C23H32N4O. The van der Waals surface area contributed by atoms with Crippen molar-refractivity contribution in [1.29, 1.82) is 0 Å². The van der Waals surface area contributed by atoms with Crippen LogP contribution in [0.4, 0.5) is 0 Å². The minimum atomic E-state index is 0.0480. The largest absolute Gasteiger partial charge is 0.348 e. The summed E-state index contributed by atoms with van der Waals surface area (Å²) in [6.07, 6.45) is 13.0. The van der Waals surface area contributed by atoms with Crippen LogP contribution in [0.25, 0.3) is 0 Å². The van der Waals surface area contributed by atoms with Crippen LogP contribution in [-0.2, 0) is 6.54 Å². The van der Waals surface area contributed by atoms with Gasteiger partial charge in [-0.1, -0.05) is 31.4 Å². The van der Waals surface area contributed by atoms with E-state index in [1.165, 1.54) is 51.6 Å². The predicted octanol–water partition coefficient (Wildman–Crippen LogP) is 3.71. The Kier molecular flexibility index (Phi) is 6.42. The number of aromatic nitrogens is 2. The van der Waals surface area contributed by atoms with Gasteiger partial charge in [-0.05, 0) is 61.9 Å². The highest BCUT2D eigenvalue weighted by atomic mass is 16.1. The van der Waals surface area contributed by atoms with E-state index in [4.69, 9.17) is 0 Å². The molecule has 1 atom stereocenters. The molecule has 5 nitrogen and oxygen atoms in total. The van der Waals surface area contributed by atoms with Gasteiger partial charge >= 0.3 is 0 Å².